The van der Waals surface area contributed by atoms with Crippen molar-refractivity contribution in [3.8, 4) is 11.4 Å². The molecule has 2 aromatic heterocycles. The highest BCUT2D eigenvalue weighted by Crippen LogP contribution is 2.22. The molecule has 1 aliphatic heterocycles. The summed E-state index contributed by atoms with van der Waals surface area (Å²) in [4.78, 5) is 38.4. The van der Waals surface area contributed by atoms with E-state index < -0.39 is 5.91 Å². The van der Waals surface area contributed by atoms with E-state index in [1.165, 1.54) is 6.08 Å². The van der Waals surface area contributed by atoms with Crippen molar-refractivity contribution >= 4 is 29.3 Å². The summed E-state index contributed by atoms with van der Waals surface area (Å²) in [6.45, 7) is 4.72. The number of rotatable bonds is 7. The Bertz CT molecular complexity index is 1150. The molecule has 1 saturated heterocycles. The third-order valence-electron chi connectivity index (χ3n) is 5.13. The van der Waals surface area contributed by atoms with E-state index in [2.05, 4.69) is 42.4 Å². The number of hydrogen-bond donors (Lipinski definition) is 3. The third kappa shape index (κ3) is 5.26. The maximum atomic E-state index is 11.9. The number of primary amides is 1. The minimum absolute atomic E-state index is 0.0538. The van der Waals surface area contributed by atoms with Crippen molar-refractivity contribution in [2.24, 2.45) is 5.73 Å². The Hall–Kier alpha value is -4.41. The molecule has 1 atom stereocenters. The first-order valence-corrected chi connectivity index (χ1v) is 10.4. The topological polar surface area (TPSA) is 152 Å². The number of nitrogens with zero attached hydrogens (tertiary/aromatic N) is 6. The lowest BCUT2D eigenvalue weighted by Gasteiger charge is -2.32. The van der Waals surface area contributed by atoms with Gasteiger partial charge in [-0.2, -0.15) is 4.98 Å². The van der Waals surface area contributed by atoms with Gasteiger partial charge in [0, 0.05) is 42.8 Å². The fourth-order valence-electron chi connectivity index (χ4n) is 3.53. The van der Waals surface area contributed by atoms with Crippen LogP contribution in [0.3, 0.4) is 0 Å². The summed E-state index contributed by atoms with van der Waals surface area (Å²) in [7, 11) is 0. The Balaban J connectivity index is 1.51. The Labute approximate surface area is 190 Å². The summed E-state index contributed by atoms with van der Waals surface area (Å²) in [5.41, 5.74) is 6.89. The first kappa shape index (κ1) is 21.8. The Kier molecular flexibility index (Phi) is 6.48. The average Bonchev–Trinajstić information content (AvgIpc) is 2.85. The van der Waals surface area contributed by atoms with E-state index in [0.717, 1.165) is 18.4 Å². The van der Waals surface area contributed by atoms with Gasteiger partial charge in [-0.1, -0.05) is 6.58 Å². The SMILES string of the molecule is C=CC(=O)N1CCC[C@@H](Nc2nnc(C(N)=O)c(Nc3ccc(-c4ncccn4)cc3)n2)C1. The third-order valence-corrected chi connectivity index (χ3v) is 5.13. The molecule has 3 aromatic rings. The lowest BCUT2D eigenvalue weighted by Crippen LogP contribution is -2.44. The van der Waals surface area contributed by atoms with Crippen LogP contribution >= 0.6 is 0 Å². The molecule has 1 fully saturated rings. The smallest absolute Gasteiger partial charge is 0.273 e. The van der Waals surface area contributed by atoms with Gasteiger partial charge in [0.25, 0.3) is 5.91 Å². The van der Waals surface area contributed by atoms with Gasteiger partial charge in [-0.05, 0) is 49.2 Å². The summed E-state index contributed by atoms with van der Waals surface area (Å²) < 4.78 is 0. The molecular formula is C22H23N9O2. The summed E-state index contributed by atoms with van der Waals surface area (Å²) in [5, 5.41) is 14.2. The zero-order valence-corrected chi connectivity index (χ0v) is 17.8. The molecule has 0 unspecified atom stereocenters. The predicted octanol–water partition coefficient (Wildman–Crippen LogP) is 1.76. The molecule has 0 bridgehead atoms. The van der Waals surface area contributed by atoms with E-state index in [9.17, 15) is 9.59 Å². The number of nitrogens with one attached hydrogen (secondary N) is 2. The largest absolute Gasteiger partial charge is 0.364 e. The van der Waals surface area contributed by atoms with Gasteiger partial charge in [0.15, 0.2) is 17.3 Å². The number of hydrogen-bond acceptors (Lipinski definition) is 9. The monoisotopic (exact) mass is 445 g/mol. The number of nitrogens with two attached hydrogens (primary N) is 1. The molecule has 33 heavy (non-hydrogen) atoms. The van der Waals surface area contributed by atoms with E-state index in [1.807, 2.05) is 24.3 Å². The first-order valence-electron chi connectivity index (χ1n) is 10.4. The second-order valence-electron chi connectivity index (χ2n) is 7.44. The van der Waals surface area contributed by atoms with Gasteiger partial charge in [0.1, 0.15) is 0 Å². The molecule has 168 valence electrons. The quantitative estimate of drug-likeness (QED) is 0.462. The Morgan fingerprint density at radius 2 is 1.91 bits per heavy atom. The van der Waals surface area contributed by atoms with Crippen LogP contribution in [-0.4, -0.2) is 61.0 Å². The lowest BCUT2D eigenvalue weighted by atomic mass is 10.1. The number of carbonyl (C=O) groups is 2. The molecule has 1 aliphatic rings. The summed E-state index contributed by atoms with van der Waals surface area (Å²) in [6, 6.07) is 9.02. The van der Waals surface area contributed by atoms with E-state index in [1.54, 1.807) is 23.4 Å². The van der Waals surface area contributed by atoms with Crippen LogP contribution in [0.1, 0.15) is 23.3 Å². The number of aromatic nitrogens is 5. The minimum Gasteiger partial charge on any atom is -0.364 e. The fourth-order valence-corrected chi connectivity index (χ4v) is 3.53. The van der Waals surface area contributed by atoms with Crippen LogP contribution in [0.15, 0.2) is 55.4 Å². The van der Waals surface area contributed by atoms with Gasteiger partial charge in [0.2, 0.25) is 11.9 Å². The van der Waals surface area contributed by atoms with Gasteiger partial charge < -0.3 is 21.3 Å². The zero-order valence-electron chi connectivity index (χ0n) is 17.8. The van der Waals surface area contributed by atoms with E-state index >= 15 is 0 Å². The number of likely N-dealkylation sites (tertiary alicyclic amines) is 1. The van der Waals surface area contributed by atoms with Crippen LogP contribution in [-0.2, 0) is 4.79 Å². The number of anilines is 3. The second-order valence-corrected chi connectivity index (χ2v) is 7.44. The average molecular weight is 445 g/mol. The molecule has 0 radical (unpaired) electrons. The highest BCUT2D eigenvalue weighted by Gasteiger charge is 2.23. The number of carbonyl (C=O) groups excluding carboxylic acids is 2. The molecule has 0 saturated carbocycles. The van der Waals surface area contributed by atoms with Crippen molar-refractivity contribution in [2.45, 2.75) is 18.9 Å². The molecule has 11 nitrogen and oxygen atoms in total. The van der Waals surface area contributed by atoms with Gasteiger partial charge in [-0.3, -0.25) is 9.59 Å². The highest BCUT2D eigenvalue weighted by atomic mass is 16.2. The van der Waals surface area contributed by atoms with Crippen molar-refractivity contribution in [3.05, 3.63) is 61.1 Å². The van der Waals surface area contributed by atoms with Crippen molar-refractivity contribution in [1.82, 2.24) is 30.0 Å². The highest BCUT2D eigenvalue weighted by molar-refractivity contribution is 5.96. The molecule has 11 heteroatoms. The number of piperidine rings is 1. The van der Waals surface area contributed by atoms with Crippen LogP contribution < -0.4 is 16.4 Å². The van der Waals surface area contributed by atoms with Gasteiger partial charge in [-0.25, -0.2) is 9.97 Å². The van der Waals surface area contributed by atoms with Gasteiger partial charge in [0.05, 0.1) is 0 Å². The molecule has 4 rings (SSSR count). The maximum Gasteiger partial charge on any atom is 0.273 e. The molecular weight excluding hydrogens is 422 g/mol. The van der Waals surface area contributed by atoms with Gasteiger partial charge in [-0.15, -0.1) is 10.2 Å². The summed E-state index contributed by atoms with van der Waals surface area (Å²) in [6.07, 6.45) is 6.33. The van der Waals surface area contributed by atoms with Crippen LogP contribution in [0.2, 0.25) is 0 Å². The summed E-state index contributed by atoms with van der Waals surface area (Å²) in [5.74, 6) is 0.150. The van der Waals surface area contributed by atoms with Crippen LogP contribution in [0.25, 0.3) is 11.4 Å². The fraction of sp³-hybridized carbons (Fsp3) is 0.227. The Morgan fingerprint density at radius 3 is 2.61 bits per heavy atom. The molecule has 2 amide bonds. The van der Waals surface area contributed by atoms with E-state index in [-0.39, 0.29) is 29.4 Å². The molecule has 0 aliphatic carbocycles. The molecule has 0 spiro atoms. The van der Waals surface area contributed by atoms with Crippen molar-refractivity contribution in [3.63, 3.8) is 0 Å². The molecule has 3 heterocycles. The number of benzene rings is 1. The first-order chi connectivity index (χ1) is 16.0. The van der Waals surface area contributed by atoms with Crippen LogP contribution in [0.4, 0.5) is 17.5 Å². The molecule has 4 N–H and O–H groups in total. The van der Waals surface area contributed by atoms with Crippen LogP contribution in [0.5, 0.6) is 0 Å². The second kappa shape index (κ2) is 9.81. The predicted molar refractivity (Wildman–Crippen MR) is 123 cm³/mol. The number of amides is 2. The van der Waals surface area contributed by atoms with E-state index in [4.69, 9.17) is 5.73 Å². The summed E-state index contributed by atoms with van der Waals surface area (Å²) >= 11 is 0. The van der Waals surface area contributed by atoms with Crippen LogP contribution in [0, 0.1) is 0 Å². The molecule has 1 aromatic carbocycles. The normalized spacial score (nSPS) is 15.5. The minimum atomic E-state index is -0.751. The van der Waals surface area contributed by atoms with Gasteiger partial charge >= 0.3 is 0 Å². The van der Waals surface area contributed by atoms with E-state index in [0.29, 0.717) is 24.6 Å². The Morgan fingerprint density at radius 1 is 1.15 bits per heavy atom. The zero-order chi connectivity index (χ0) is 23.2. The van der Waals surface area contributed by atoms with Crippen molar-refractivity contribution < 1.29 is 9.59 Å². The van der Waals surface area contributed by atoms with Crippen molar-refractivity contribution in [2.75, 3.05) is 23.7 Å². The lowest BCUT2D eigenvalue weighted by molar-refractivity contribution is -0.127. The maximum absolute atomic E-state index is 11.9. The van der Waals surface area contributed by atoms with Crippen molar-refractivity contribution in [1.29, 1.82) is 0 Å². The standard InChI is InChI=1S/C22H23N9O2/c1-2-17(32)31-12-3-5-16(13-31)27-22-28-21(18(19(23)33)29-30-22)26-15-8-6-14(7-9-15)20-24-10-4-11-25-20/h2,4,6-11,16H,1,3,5,12-13H2,(H2,23,33)(H2,26,27,28,30)/t16-/m1/s1.